The van der Waals surface area contributed by atoms with Crippen LogP contribution in [-0.4, -0.2) is 38.1 Å². The summed E-state index contributed by atoms with van der Waals surface area (Å²) in [6.07, 6.45) is 1.49. The molecule has 0 aliphatic heterocycles. The number of para-hydroxylation sites is 1. The molecule has 1 heterocycles. The molecule has 0 fully saturated rings. The molecule has 0 spiro atoms. The predicted molar refractivity (Wildman–Crippen MR) is 133 cm³/mol. The molecule has 0 atom stereocenters. The molecule has 0 bridgehead atoms. The van der Waals surface area contributed by atoms with Crippen LogP contribution in [0.15, 0.2) is 83.1 Å². The van der Waals surface area contributed by atoms with Gasteiger partial charge in [-0.05, 0) is 58.5 Å². The zero-order valence-corrected chi connectivity index (χ0v) is 20.0. The number of aromatic nitrogens is 4. The third-order valence-electron chi connectivity index (χ3n) is 4.45. The first-order valence-corrected chi connectivity index (χ1v) is 11.8. The summed E-state index contributed by atoms with van der Waals surface area (Å²) in [4.78, 5) is 12.3. The van der Waals surface area contributed by atoms with Gasteiger partial charge in [-0.25, -0.2) is 5.43 Å². The number of benzene rings is 3. The number of hydrogen-bond donors (Lipinski definition) is 1. The molecule has 0 unspecified atom stereocenters. The summed E-state index contributed by atoms with van der Waals surface area (Å²) in [7, 11) is 0. The van der Waals surface area contributed by atoms with Crippen LogP contribution in [0.1, 0.15) is 11.1 Å². The van der Waals surface area contributed by atoms with Gasteiger partial charge >= 0.3 is 0 Å². The fourth-order valence-corrected chi connectivity index (χ4v) is 3.82. The summed E-state index contributed by atoms with van der Waals surface area (Å²) < 4.78 is 7.46. The number of tetrazole rings is 1. The number of carbonyl (C=O) groups is 1. The van der Waals surface area contributed by atoms with Crippen molar-refractivity contribution in [1.82, 2.24) is 25.6 Å². The molecule has 3 aromatic carbocycles. The standard InChI is InChI=1S/C23H18Cl2N6O2S/c24-18-8-6-16(7-9-18)14-33-21-11-10-19(25)12-17(21)13-26-27-22(32)15-34-23-28-29-30-31(23)20-4-2-1-3-5-20/h1-13H,14-15H2,(H,27,32)/b26-13-. The Morgan fingerprint density at radius 3 is 2.62 bits per heavy atom. The number of thioether (sulfide) groups is 1. The molecule has 34 heavy (non-hydrogen) atoms. The number of nitrogens with one attached hydrogen (secondary N) is 1. The largest absolute Gasteiger partial charge is 0.488 e. The summed E-state index contributed by atoms with van der Waals surface area (Å²) in [5.41, 5.74) is 4.89. The van der Waals surface area contributed by atoms with Crippen molar-refractivity contribution in [3.8, 4) is 11.4 Å². The number of hydrazone groups is 1. The molecule has 11 heteroatoms. The molecule has 4 rings (SSSR count). The first-order chi connectivity index (χ1) is 16.6. The van der Waals surface area contributed by atoms with Gasteiger partial charge in [-0.1, -0.05) is 65.3 Å². The lowest BCUT2D eigenvalue weighted by molar-refractivity contribution is -0.118. The van der Waals surface area contributed by atoms with Crippen molar-refractivity contribution in [3.05, 3.63) is 94.0 Å². The highest BCUT2D eigenvalue weighted by Gasteiger charge is 2.11. The van der Waals surface area contributed by atoms with Gasteiger partial charge in [-0.2, -0.15) is 9.78 Å². The quantitative estimate of drug-likeness (QED) is 0.197. The summed E-state index contributed by atoms with van der Waals surface area (Å²) in [6.45, 7) is 0.346. The molecule has 4 aromatic rings. The first kappa shape index (κ1) is 23.7. The van der Waals surface area contributed by atoms with E-state index in [-0.39, 0.29) is 11.7 Å². The topological polar surface area (TPSA) is 94.3 Å². The number of hydrogen-bond acceptors (Lipinski definition) is 7. The first-order valence-electron chi connectivity index (χ1n) is 10.0. The van der Waals surface area contributed by atoms with E-state index in [0.29, 0.717) is 33.1 Å². The number of carbonyl (C=O) groups excluding carboxylic acids is 1. The Labute approximate surface area is 209 Å². The van der Waals surface area contributed by atoms with Crippen molar-refractivity contribution < 1.29 is 9.53 Å². The zero-order valence-electron chi connectivity index (χ0n) is 17.6. The highest BCUT2D eigenvalue weighted by Crippen LogP contribution is 2.23. The molecule has 1 amide bonds. The van der Waals surface area contributed by atoms with Gasteiger partial charge < -0.3 is 4.74 Å². The van der Waals surface area contributed by atoms with Crippen LogP contribution < -0.4 is 10.2 Å². The van der Waals surface area contributed by atoms with Crippen molar-refractivity contribution in [2.24, 2.45) is 5.10 Å². The summed E-state index contributed by atoms with van der Waals surface area (Å²) in [5.74, 6) is 0.350. The summed E-state index contributed by atoms with van der Waals surface area (Å²) >= 11 is 13.2. The number of rotatable bonds is 9. The predicted octanol–water partition coefficient (Wildman–Crippen LogP) is 4.79. The zero-order chi connectivity index (χ0) is 23.8. The molecule has 8 nitrogen and oxygen atoms in total. The van der Waals surface area contributed by atoms with Crippen LogP contribution in [-0.2, 0) is 11.4 Å². The van der Waals surface area contributed by atoms with Crippen LogP contribution >= 0.6 is 35.0 Å². The number of halogens is 2. The number of amides is 1. The van der Waals surface area contributed by atoms with Crippen molar-refractivity contribution in [1.29, 1.82) is 0 Å². The smallest absolute Gasteiger partial charge is 0.250 e. The second-order valence-corrected chi connectivity index (χ2v) is 8.70. The van der Waals surface area contributed by atoms with Gasteiger partial charge in [0, 0.05) is 15.6 Å². The van der Waals surface area contributed by atoms with Gasteiger partial charge in [0.15, 0.2) is 0 Å². The Morgan fingerprint density at radius 2 is 1.82 bits per heavy atom. The molecule has 0 radical (unpaired) electrons. The van der Waals surface area contributed by atoms with E-state index in [1.165, 1.54) is 18.0 Å². The molecule has 0 aliphatic carbocycles. The Kier molecular flexibility index (Phi) is 8.13. The SMILES string of the molecule is O=C(CSc1nnnn1-c1ccccc1)N/N=C\c1cc(Cl)ccc1OCc1ccc(Cl)cc1. The van der Waals surface area contributed by atoms with Gasteiger partial charge in [0.2, 0.25) is 5.16 Å². The minimum absolute atomic E-state index is 0.0833. The Morgan fingerprint density at radius 1 is 1.06 bits per heavy atom. The molecule has 1 N–H and O–H groups in total. The number of nitrogens with zero attached hydrogens (tertiary/aromatic N) is 5. The van der Waals surface area contributed by atoms with E-state index in [0.717, 1.165) is 11.3 Å². The average Bonchev–Trinajstić information content (AvgIpc) is 3.32. The highest BCUT2D eigenvalue weighted by atomic mass is 35.5. The van der Waals surface area contributed by atoms with E-state index in [4.69, 9.17) is 27.9 Å². The monoisotopic (exact) mass is 512 g/mol. The van der Waals surface area contributed by atoms with E-state index in [9.17, 15) is 4.79 Å². The van der Waals surface area contributed by atoms with Crippen LogP contribution in [0.4, 0.5) is 0 Å². The Bertz CT molecular complexity index is 1280. The van der Waals surface area contributed by atoms with E-state index in [2.05, 4.69) is 26.1 Å². The van der Waals surface area contributed by atoms with Gasteiger partial charge in [0.25, 0.3) is 5.91 Å². The van der Waals surface area contributed by atoms with E-state index >= 15 is 0 Å². The molecule has 0 saturated carbocycles. The number of ether oxygens (including phenoxy) is 1. The fourth-order valence-electron chi connectivity index (χ4n) is 2.83. The van der Waals surface area contributed by atoms with Crippen LogP contribution in [0, 0.1) is 0 Å². The molecular formula is C23H18Cl2N6O2S. The van der Waals surface area contributed by atoms with Gasteiger partial charge in [-0.3, -0.25) is 4.79 Å². The van der Waals surface area contributed by atoms with E-state index in [1.807, 2.05) is 42.5 Å². The maximum atomic E-state index is 12.3. The van der Waals surface area contributed by atoms with Crippen molar-refractivity contribution in [3.63, 3.8) is 0 Å². The maximum Gasteiger partial charge on any atom is 0.250 e. The third-order valence-corrected chi connectivity index (χ3v) is 5.85. The van der Waals surface area contributed by atoms with E-state index < -0.39 is 0 Å². The average molecular weight is 513 g/mol. The van der Waals surface area contributed by atoms with Crippen LogP contribution in [0.5, 0.6) is 5.75 Å². The lowest BCUT2D eigenvalue weighted by Gasteiger charge is -2.10. The highest BCUT2D eigenvalue weighted by molar-refractivity contribution is 7.99. The van der Waals surface area contributed by atoms with Gasteiger partial charge in [0.05, 0.1) is 17.7 Å². The minimum Gasteiger partial charge on any atom is -0.488 e. The second-order valence-electron chi connectivity index (χ2n) is 6.89. The molecule has 0 aliphatic rings. The van der Waals surface area contributed by atoms with Crippen molar-refractivity contribution in [2.45, 2.75) is 11.8 Å². The lowest BCUT2D eigenvalue weighted by atomic mass is 10.2. The Hall–Kier alpha value is -3.40. The summed E-state index contributed by atoms with van der Waals surface area (Å²) in [6, 6.07) is 22.0. The van der Waals surface area contributed by atoms with Crippen LogP contribution in [0.3, 0.4) is 0 Å². The molecular weight excluding hydrogens is 495 g/mol. The lowest BCUT2D eigenvalue weighted by Crippen LogP contribution is -2.20. The third kappa shape index (κ3) is 6.57. The van der Waals surface area contributed by atoms with E-state index in [1.54, 1.807) is 35.0 Å². The van der Waals surface area contributed by atoms with Crippen molar-refractivity contribution >= 4 is 47.1 Å². The molecule has 1 aromatic heterocycles. The van der Waals surface area contributed by atoms with Crippen LogP contribution in [0.2, 0.25) is 10.0 Å². The Balaban J connectivity index is 1.33. The maximum absolute atomic E-state index is 12.3. The van der Waals surface area contributed by atoms with Gasteiger partial charge in [0.1, 0.15) is 12.4 Å². The van der Waals surface area contributed by atoms with Crippen LogP contribution in [0.25, 0.3) is 5.69 Å². The fraction of sp³-hybridized carbons (Fsp3) is 0.0870. The second kappa shape index (κ2) is 11.6. The van der Waals surface area contributed by atoms with Crippen molar-refractivity contribution in [2.75, 3.05) is 5.75 Å². The summed E-state index contributed by atoms with van der Waals surface area (Å²) in [5, 5.41) is 17.3. The van der Waals surface area contributed by atoms with Gasteiger partial charge in [-0.15, -0.1) is 5.10 Å². The minimum atomic E-state index is -0.311. The normalized spacial score (nSPS) is 11.0. The molecule has 0 saturated heterocycles. The molecule has 172 valence electrons.